The van der Waals surface area contributed by atoms with Crippen LogP contribution in [0.4, 0.5) is 8.78 Å². The molecule has 0 bridgehead atoms. The number of hydrogen-bond acceptors (Lipinski definition) is 2. The quantitative estimate of drug-likeness (QED) is 0.777. The highest BCUT2D eigenvalue weighted by Gasteiger charge is 2.16. The molecule has 19 heavy (non-hydrogen) atoms. The summed E-state index contributed by atoms with van der Waals surface area (Å²) in [5.41, 5.74) is 1.86. The lowest BCUT2D eigenvalue weighted by Crippen LogP contribution is -2.04. The third-order valence-corrected chi connectivity index (χ3v) is 2.83. The van der Waals surface area contributed by atoms with Gasteiger partial charge >= 0.3 is 6.61 Å². The number of halogens is 2. The molecule has 0 aliphatic rings. The summed E-state index contributed by atoms with van der Waals surface area (Å²) in [6, 6.07) is 10.9. The fraction of sp³-hybridized carbons (Fsp3) is 0.0714. The molecule has 3 aromatic rings. The first kappa shape index (κ1) is 11.6. The van der Waals surface area contributed by atoms with E-state index >= 15 is 0 Å². The smallest absolute Gasteiger partial charge is 0.387 e. The van der Waals surface area contributed by atoms with Crippen molar-refractivity contribution in [3.8, 4) is 16.9 Å². The lowest BCUT2D eigenvalue weighted by Gasteiger charge is -2.11. The largest absolute Gasteiger partial charge is 0.433 e. The number of fused-ring (bicyclic) bond motifs is 1. The number of rotatable bonds is 3. The van der Waals surface area contributed by atoms with Crippen LogP contribution in [-0.4, -0.2) is 16.6 Å². The van der Waals surface area contributed by atoms with E-state index in [0.29, 0.717) is 16.6 Å². The summed E-state index contributed by atoms with van der Waals surface area (Å²) < 4.78 is 29.9. The number of H-pyrrole nitrogens is 1. The normalized spacial score (nSPS) is 11.1. The first-order chi connectivity index (χ1) is 9.25. The predicted molar refractivity (Wildman–Crippen MR) is 68.2 cm³/mol. The van der Waals surface area contributed by atoms with Crippen LogP contribution in [0.1, 0.15) is 0 Å². The van der Waals surface area contributed by atoms with Crippen molar-refractivity contribution in [2.45, 2.75) is 6.61 Å². The van der Waals surface area contributed by atoms with E-state index in [2.05, 4.69) is 14.7 Å². The van der Waals surface area contributed by atoms with Gasteiger partial charge in [0.15, 0.2) is 0 Å². The number of nitrogens with one attached hydrogen (secondary N) is 1. The minimum atomic E-state index is -2.87. The molecule has 2 heterocycles. The highest BCUT2D eigenvalue weighted by Crippen LogP contribution is 2.36. The van der Waals surface area contributed by atoms with Crippen molar-refractivity contribution in [2.24, 2.45) is 0 Å². The Bertz CT molecular complexity index is 695. The second-order valence-corrected chi connectivity index (χ2v) is 3.99. The van der Waals surface area contributed by atoms with E-state index in [9.17, 15) is 8.78 Å². The summed E-state index contributed by atoms with van der Waals surface area (Å²) in [7, 11) is 0. The third-order valence-electron chi connectivity index (χ3n) is 2.83. The highest BCUT2D eigenvalue weighted by atomic mass is 19.3. The topological polar surface area (TPSA) is 37.9 Å². The molecule has 3 nitrogen and oxygen atoms in total. The van der Waals surface area contributed by atoms with Gasteiger partial charge in [-0.15, -0.1) is 0 Å². The van der Waals surface area contributed by atoms with Gasteiger partial charge in [-0.1, -0.05) is 30.3 Å². The van der Waals surface area contributed by atoms with E-state index < -0.39 is 6.61 Å². The fourth-order valence-corrected chi connectivity index (χ4v) is 2.02. The molecule has 2 aromatic heterocycles. The minimum absolute atomic E-state index is 0.146. The Balaban J connectivity index is 2.23. The molecule has 0 fully saturated rings. The molecular formula is C14H10F2N2O. The molecule has 0 saturated heterocycles. The van der Waals surface area contributed by atoms with E-state index in [4.69, 9.17) is 0 Å². The monoisotopic (exact) mass is 260 g/mol. The number of benzene rings is 1. The Labute approximate surface area is 107 Å². The minimum Gasteiger partial charge on any atom is -0.433 e. The first-order valence-corrected chi connectivity index (χ1v) is 5.72. The summed E-state index contributed by atoms with van der Waals surface area (Å²) in [6.45, 7) is -2.87. The molecule has 5 heteroatoms. The van der Waals surface area contributed by atoms with Crippen molar-refractivity contribution < 1.29 is 13.5 Å². The Morgan fingerprint density at radius 3 is 2.63 bits per heavy atom. The number of aromatic amines is 1. The predicted octanol–water partition coefficient (Wildman–Crippen LogP) is 3.83. The lowest BCUT2D eigenvalue weighted by atomic mass is 10.1. The average Bonchev–Trinajstić information content (AvgIpc) is 2.88. The van der Waals surface area contributed by atoms with Crippen LogP contribution in [0.25, 0.3) is 22.2 Å². The summed E-state index contributed by atoms with van der Waals surface area (Å²) in [5.74, 6) is 0.146. The van der Waals surface area contributed by atoms with Crippen LogP contribution in [0.3, 0.4) is 0 Å². The van der Waals surface area contributed by atoms with Gasteiger partial charge in [-0.05, 0) is 11.6 Å². The molecule has 3 rings (SSSR count). The average molecular weight is 260 g/mol. The molecule has 1 N–H and O–H groups in total. The number of ether oxygens (including phenoxy) is 1. The van der Waals surface area contributed by atoms with Crippen molar-refractivity contribution in [2.75, 3.05) is 0 Å². The summed E-state index contributed by atoms with van der Waals surface area (Å²) in [6.07, 6.45) is 3.18. The standard InChI is InChI=1S/C14H10F2N2O/c15-14(16)19-12-10-6-7-17-13(10)18-8-11(12)9-4-2-1-3-5-9/h1-8,14H,(H,17,18). The molecule has 0 aliphatic carbocycles. The van der Waals surface area contributed by atoms with Crippen LogP contribution in [0.2, 0.25) is 0 Å². The van der Waals surface area contributed by atoms with Crippen molar-refractivity contribution >= 4 is 11.0 Å². The lowest BCUT2D eigenvalue weighted by molar-refractivity contribution is -0.0484. The maximum atomic E-state index is 12.6. The van der Waals surface area contributed by atoms with Crippen molar-refractivity contribution in [1.82, 2.24) is 9.97 Å². The van der Waals surface area contributed by atoms with Crippen LogP contribution < -0.4 is 4.74 Å². The first-order valence-electron chi connectivity index (χ1n) is 5.72. The molecule has 96 valence electrons. The molecule has 0 amide bonds. The third kappa shape index (κ3) is 2.14. The van der Waals surface area contributed by atoms with E-state index in [1.807, 2.05) is 30.3 Å². The van der Waals surface area contributed by atoms with E-state index in [1.54, 1.807) is 12.3 Å². The molecular weight excluding hydrogens is 250 g/mol. The Kier molecular flexibility index (Phi) is 2.87. The maximum Gasteiger partial charge on any atom is 0.387 e. The molecule has 0 spiro atoms. The van der Waals surface area contributed by atoms with E-state index in [-0.39, 0.29) is 5.75 Å². The Hall–Kier alpha value is -2.43. The second-order valence-electron chi connectivity index (χ2n) is 3.99. The number of pyridine rings is 1. The SMILES string of the molecule is FC(F)Oc1c(-c2ccccc2)cnc2[nH]ccc12. The second kappa shape index (κ2) is 4.68. The maximum absolute atomic E-state index is 12.6. The fourth-order valence-electron chi connectivity index (χ4n) is 2.02. The van der Waals surface area contributed by atoms with Gasteiger partial charge in [-0.25, -0.2) is 4.98 Å². The van der Waals surface area contributed by atoms with E-state index in [0.717, 1.165) is 5.56 Å². The van der Waals surface area contributed by atoms with Gasteiger partial charge in [0.05, 0.1) is 5.39 Å². The molecule has 0 aliphatic heterocycles. The summed E-state index contributed by atoms with van der Waals surface area (Å²) >= 11 is 0. The molecule has 0 saturated carbocycles. The number of nitrogens with zero attached hydrogens (tertiary/aromatic N) is 1. The number of hydrogen-bond donors (Lipinski definition) is 1. The van der Waals surface area contributed by atoms with Crippen LogP contribution >= 0.6 is 0 Å². The van der Waals surface area contributed by atoms with Crippen LogP contribution in [-0.2, 0) is 0 Å². The van der Waals surface area contributed by atoms with Crippen molar-refractivity contribution in [3.05, 3.63) is 48.8 Å². The van der Waals surface area contributed by atoms with Crippen molar-refractivity contribution in [1.29, 1.82) is 0 Å². The van der Waals surface area contributed by atoms with Crippen LogP contribution in [0.15, 0.2) is 48.8 Å². The molecule has 0 atom stereocenters. The van der Waals surface area contributed by atoms with Gasteiger partial charge in [-0.3, -0.25) is 0 Å². The number of alkyl halides is 2. The van der Waals surface area contributed by atoms with Crippen LogP contribution in [0, 0.1) is 0 Å². The zero-order valence-corrected chi connectivity index (χ0v) is 9.81. The van der Waals surface area contributed by atoms with E-state index in [1.165, 1.54) is 6.20 Å². The van der Waals surface area contributed by atoms with Gasteiger partial charge in [0.2, 0.25) is 0 Å². The van der Waals surface area contributed by atoms with Gasteiger partial charge in [0, 0.05) is 18.0 Å². The summed E-state index contributed by atoms with van der Waals surface area (Å²) in [5, 5.41) is 0.543. The van der Waals surface area contributed by atoms with Gasteiger partial charge in [-0.2, -0.15) is 8.78 Å². The molecule has 1 aromatic carbocycles. The Morgan fingerprint density at radius 1 is 1.11 bits per heavy atom. The zero-order valence-electron chi connectivity index (χ0n) is 9.81. The van der Waals surface area contributed by atoms with Gasteiger partial charge in [0.1, 0.15) is 11.4 Å². The zero-order chi connectivity index (χ0) is 13.2. The molecule has 0 radical (unpaired) electrons. The van der Waals surface area contributed by atoms with Gasteiger partial charge in [0.25, 0.3) is 0 Å². The van der Waals surface area contributed by atoms with Crippen molar-refractivity contribution in [3.63, 3.8) is 0 Å². The summed E-state index contributed by atoms with van der Waals surface area (Å²) in [4.78, 5) is 7.08. The highest BCUT2D eigenvalue weighted by molar-refractivity contribution is 5.90. The Morgan fingerprint density at radius 2 is 1.89 bits per heavy atom. The molecule has 0 unspecified atom stereocenters. The van der Waals surface area contributed by atoms with Gasteiger partial charge < -0.3 is 9.72 Å². The number of aromatic nitrogens is 2. The van der Waals surface area contributed by atoms with Crippen LogP contribution in [0.5, 0.6) is 5.75 Å².